The highest BCUT2D eigenvalue weighted by atomic mass is 16.5. The number of nitrogens with one attached hydrogen (secondary N) is 1. The number of rotatable bonds is 5. The molecule has 23 heavy (non-hydrogen) atoms. The standard InChI is InChI=1S/C19H31N3O/c1-21(17-6-4-3-5-7-17)15-16-8-9-18(19(14-16)23-2)22-12-10-20-11-13-22/h8-9,14,17,20H,3-7,10-13,15H2,1-2H3. The van der Waals surface area contributed by atoms with Crippen molar-refractivity contribution in [2.75, 3.05) is 45.2 Å². The number of methoxy groups -OCH3 is 1. The topological polar surface area (TPSA) is 27.7 Å². The Kier molecular flexibility index (Phi) is 5.79. The maximum atomic E-state index is 5.69. The van der Waals surface area contributed by atoms with Gasteiger partial charge in [-0.1, -0.05) is 25.3 Å². The molecule has 1 aliphatic carbocycles. The third kappa shape index (κ3) is 4.18. The van der Waals surface area contributed by atoms with Crippen LogP contribution in [0.3, 0.4) is 0 Å². The minimum Gasteiger partial charge on any atom is -0.495 e. The Labute approximate surface area is 140 Å². The SMILES string of the molecule is COc1cc(CN(C)C2CCCCC2)ccc1N1CCNCC1. The molecule has 0 radical (unpaired) electrons. The van der Waals surface area contributed by atoms with E-state index in [0.29, 0.717) is 0 Å². The Hall–Kier alpha value is -1.26. The minimum atomic E-state index is 0.752. The minimum absolute atomic E-state index is 0.752. The summed E-state index contributed by atoms with van der Waals surface area (Å²) in [6.07, 6.45) is 6.90. The fourth-order valence-electron chi connectivity index (χ4n) is 3.93. The van der Waals surface area contributed by atoms with Gasteiger partial charge in [-0.3, -0.25) is 4.90 Å². The predicted molar refractivity (Wildman–Crippen MR) is 96.4 cm³/mol. The van der Waals surface area contributed by atoms with Gasteiger partial charge in [0.2, 0.25) is 0 Å². The summed E-state index contributed by atoms with van der Waals surface area (Å²) in [5, 5.41) is 3.41. The van der Waals surface area contributed by atoms with E-state index in [1.165, 1.54) is 43.4 Å². The van der Waals surface area contributed by atoms with Crippen LogP contribution in [0.25, 0.3) is 0 Å². The summed E-state index contributed by atoms with van der Waals surface area (Å²) < 4.78 is 5.69. The summed E-state index contributed by atoms with van der Waals surface area (Å²) in [4.78, 5) is 4.95. The van der Waals surface area contributed by atoms with Crippen LogP contribution in [0.1, 0.15) is 37.7 Å². The third-order valence-electron chi connectivity index (χ3n) is 5.33. The Morgan fingerprint density at radius 2 is 1.91 bits per heavy atom. The van der Waals surface area contributed by atoms with Crippen molar-refractivity contribution in [1.82, 2.24) is 10.2 Å². The molecule has 1 aromatic rings. The summed E-state index contributed by atoms with van der Waals surface area (Å²) in [6.45, 7) is 5.23. The molecule has 1 saturated heterocycles. The van der Waals surface area contributed by atoms with Crippen molar-refractivity contribution in [3.05, 3.63) is 23.8 Å². The van der Waals surface area contributed by atoms with Crippen molar-refractivity contribution in [2.45, 2.75) is 44.7 Å². The van der Waals surface area contributed by atoms with E-state index >= 15 is 0 Å². The molecule has 0 spiro atoms. The van der Waals surface area contributed by atoms with E-state index in [1.54, 1.807) is 7.11 Å². The zero-order chi connectivity index (χ0) is 16.1. The van der Waals surface area contributed by atoms with Gasteiger partial charge >= 0.3 is 0 Å². The molecule has 0 amide bonds. The second kappa shape index (κ2) is 8.02. The third-order valence-corrected chi connectivity index (χ3v) is 5.33. The van der Waals surface area contributed by atoms with E-state index in [1.807, 2.05) is 0 Å². The number of ether oxygens (including phenoxy) is 1. The van der Waals surface area contributed by atoms with Crippen LogP contribution in [0.4, 0.5) is 5.69 Å². The van der Waals surface area contributed by atoms with Gasteiger partial charge in [-0.15, -0.1) is 0 Å². The lowest BCUT2D eigenvalue weighted by Crippen LogP contribution is -2.43. The highest BCUT2D eigenvalue weighted by Gasteiger charge is 2.19. The second-order valence-corrected chi connectivity index (χ2v) is 6.95. The maximum absolute atomic E-state index is 5.69. The van der Waals surface area contributed by atoms with E-state index in [4.69, 9.17) is 4.74 Å². The molecule has 1 heterocycles. The van der Waals surface area contributed by atoms with Gasteiger partial charge < -0.3 is 15.0 Å². The van der Waals surface area contributed by atoms with Gasteiger partial charge in [0.25, 0.3) is 0 Å². The summed E-state index contributed by atoms with van der Waals surface area (Å²) in [5.74, 6) is 1.02. The zero-order valence-electron chi connectivity index (χ0n) is 14.7. The number of nitrogens with zero attached hydrogens (tertiary/aromatic N) is 2. The van der Waals surface area contributed by atoms with Gasteiger partial charge in [0, 0.05) is 38.8 Å². The molecular formula is C19H31N3O. The summed E-state index contributed by atoms with van der Waals surface area (Å²) in [6, 6.07) is 7.51. The van der Waals surface area contributed by atoms with Crippen LogP contribution in [0, 0.1) is 0 Å². The Balaban J connectivity index is 1.68. The van der Waals surface area contributed by atoms with Crippen molar-refractivity contribution in [3.63, 3.8) is 0 Å². The zero-order valence-corrected chi connectivity index (χ0v) is 14.7. The van der Waals surface area contributed by atoms with Gasteiger partial charge in [-0.05, 0) is 37.6 Å². The highest BCUT2D eigenvalue weighted by molar-refractivity contribution is 5.60. The smallest absolute Gasteiger partial charge is 0.142 e. The molecule has 0 aromatic heterocycles. The first-order chi connectivity index (χ1) is 11.3. The number of anilines is 1. The second-order valence-electron chi connectivity index (χ2n) is 6.95. The molecule has 0 atom stereocenters. The molecule has 128 valence electrons. The van der Waals surface area contributed by atoms with Crippen LogP contribution in [0.15, 0.2) is 18.2 Å². The van der Waals surface area contributed by atoms with Gasteiger partial charge in [0.05, 0.1) is 12.8 Å². The number of piperazine rings is 1. The van der Waals surface area contributed by atoms with Gasteiger partial charge in [0.1, 0.15) is 5.75 Å². The van der Waals surface area contributed by atoms with Gasteiger partial charge in [-0.2, -0.15) is 0 Å². The van der Waals surface area contributed by atoms with Crippen molar-refractivity contribution >= 4 is 5.69 Å². The van der Waals surface area contributed by atoms with Crippen LogP contribution < -0.4 is 15.0 Å². The van der Waals surface area contributed by atoms with Crippen LogP contribution in [-0.4, -0.2) is 51.3 Å². The molecule has 1 aromatic carbocycles. The Morgan fingerprint density at radius 3 is 2.61 bits per heavy atom. The summed E-state index contributed by atoms with van der Waals surface area (Å²) >= 11 is 0. The molecule has 3 rings (SSSR count). The molecule has 1 saturated carbocycles. The van der Waals surface area contributed by atoms with E-state index in [0.717, 1.165) is 44.5 Å². The summed E-state index contributed by atoms with van der Waals surface area (Å²) in [7, 11) is 4.06. The number of hydrogen-bond acceptors (Lipinski definition) is 4. The van der Waals surface area contributed by atoms with E-state index in [-0.39, 0.29) is 0 Å². The fourth-order valence-corrected chi connectivity index (χ4v) is 3.93. The molecule has 0 unspecified atom stereocenters. The molecule has 4 heteroatoms. The molecule has 1 N–H and O–H groups in total. The monoisotopic (exact) mass is 317 g/mol. The predicted octanol–water partition coefficient (Wildman–Crippen LogP) is 2.87. The lowest BCUT2D eigenvalue weighted by atomic mass is 9.94. The average Bonchev–Trinajstić information content (AvgIpc) is 2.63. The molecule has 2 fully saturated rings. The lowest BCUT2D eigenvalue weighted by molar-refractivity contribution is 0.184. The van der Waals surface area contributed by atoms with Crippen molar-refractivity contribution in [3.8, 4) is 5.75 Å². The van der Waals surface area contributed by atoms with Crippen LogP contribution in [0.5, 0.6) is 5.75 Å². The first kappa shape index (κ1) is 16.6. The summed E-state index contributed by atoms with van der Waals surface area (Å²) in [5.41, 5.74) is 2.59. The van der Waals surface area contributed by atoms with Gasteiger partial charge in [0.15, 0.2) is 0 Å². The van der Waals surface area contributed by atoms with Crippen LogP contribution in [-0.2, 0) is 6.54 Å². The van der Waals surface area contributed by atoms with Crippen molar-refractivity contribution < 1.29 is 4.74 Å². The molecule has 4 nitrogen and oxygen atoms in total. The first-order valence-corrected chi connectivity index (χ1v) is 9.11. The first-order valence-electron chi connectivity index (χ1n) is 9.11. The maximum Gasteiger partial charge on any atom is 0.142 e. The fraction of sp³-hybridized carbons (Fsp3) is 0.684. The normalized spacial score (nSPS) is 20.0. The Bertz CT molecular complexity index is 493. The van der Waals surface area contributed by atoms with E-state index in [9.17, 15) is 0 Å². The van der Waals surface area contributed by atoms with Crippen molar-refractivity contribution in [1.29, 1.82) is 0 Å². The van der Waals surface area contributed by atoms with E-state index in [2.05, 4.69) is 40.4 Å². The van der Waals surface area contributed by atoms with Crippen LogP contribution in [0.2, 0.25) is 0 Å². The molecule has 1 aliphatic heterocycles. The molecular weight excluding hydrogens is 286 g/mol. The Morgan fingerprint density at radius 1 is 1.17 bits per heavy atom. The van der Waals surface area contributed by atoms with Crippen LogP contribution >= 0.6 is 0 Å². The molecule has 2 aliphatic rings. The quantitative estimate of drug-likeness (QED) is 0.904. The number of hydrogen-bond donors (Lipinski definition) is 1. The highest BCUT2D eigenvalue weighted by Crippen LogP contribution is 2.31. The van der Waals surface area contributed by atoms with Gasteiger partial charge in [-0.25, -0.2) is 0 Å². The van der Waals surface area contributed by atoms with Crippen molar-refractivity contribution in [2.24, 2.45) is 0 Å². The average molecular weight is 317 g/mol. The molecule has 0 bridgehead atoms. The number of benzene rings is 1. The largest absolute Gasteiger partial charge is 0.495 e. The lowest BCUT2D eigenvalue weighted by Gasteiger charge is -2.32. The van der Waals surface area contributed by atoms with E-state index < -0.39 is 0 Å².